The van der Waals surface area contributed by atoms with Crippen LogP contribution in [-0.4, -0.2) is 49.7 Å². The molecule has 1 atom stereocenters. The number of hydrogen-bond acceptors (Lipinski definition) is 4. The molecule has 29 heavy (non-hydrogen) atoms. The predicted molar refractivity (Wildman–Crippen MR) is 115 cm³/mol. The van der Waals surface area contributed by atoms with Crippen LogP contribution in [0.1, 0.15) is 43.2 Å². The summed E-state index contributed by atoms with van der Waals surface area (Å²) in [6, 6.07) is 6.83. The number of halogens is 1. The highest BCUT2D eigenvalue weighted by Gasteiger charge is 2.37. The second-order valence-corrected chi connectivity index (χ2v) is 8.45. The normalized spacial score (nSPS) is 26.7. The van der Waals surface area contributed by atoms with Gasteiger partial charge in [0.25, 0.3) is 0 Å². The van der Waals surface area contributed by atoms with E-state index in [-0.39, 0.29) is 36.4 Å². The number of methoxy groups -OCH3 is 1. The Labute approximate surface area is 179 Å². The fourth-order valence-electron chi connectivity index (χ4n) is 5.11. The maximum atomic E-state index is 13.1. The molecule has 0 bridgehead atoms. The van der Waals surface area contributed by atoms with Crippen molar-refractivity contribution >= 4 is 30.1 Å². The van der Waals surface area contributed by atoms with E-state index in [1.165, 1.54) is 18.2 Å². The molecule has 2 N–H and O–H groups in total. The largest absolute Gasteiger partial charge is 0.469 e. The number of benzene rings is 1. The number of fused-ring (bicyclic) bond motifs is 1. The van der Waals surface area contributed by atoms with Gasteiger partial charge in [0.15, 0.2) is 0 Å². The minimum Gasteiger partial charge on any atom is -0.469 e. The molecule has 0 spiro atoms. The number of rotatable bonds is 4. The number of anilines is 1. The average Bonchev–Trinajstić information content (AvgIpc) is 3.13. The number of ether oxygens (including phenoxy) is 1. The van der Waals surface area contributed by atoms with Crippen molar-refractivity contribution in [1.29, 1.82) is 0 Å². The molecule has 1 aromatic rings. The van der Waals surface area contributed by atoms with Crippen LogP contribution in [0.3, 0.4) is 0 Å². The molecule has 1 unspecified atom stereocenters. The Balaban J connectivity index is 0.00000240. The zero-order valence-electron chi connectivity index (χ0n) is 17.1. The van der Waals surface area contributed by atoms with Crippen LogP contribution in [-0.2, 0) is 22.4 Å². The van der Waals surface area contributed by atoms with Gasteiger partial charge < -0.3 is 15.4 Å². The number of nitrogens with zero attached hydrogens (tertiary/aromatic N) is 2. The Morgan fingerprint density at radius 1 is 1.14 bits per heavy atom. The molecule has 3 aliphatic rings. The van der Waals surface area contributed by atoms with Crippen LogP contribution in [0.2, 0.25) is 0 Å². The number of amides is 2. The van der Waals surface area contributed by atoms with Gasteiger partial charge in [0.2, 0.25) is 0 Å². The van der Waals surface area contributed by atoms with Gasteiger partial charge in [0.05, 0.1) is 13.0 Å². The third kappa shape index (κ3) is 4.38. The number of esters is 1. The lowest BCUT2D eigenvalue weighted by molar-refractivity contribution is -0.146. The molecule has 6 nitrogen and oxygen atoms in total. The summed E-state index contributed by atoms with van der Waals surface area (Å²) in [4.78, 5) is 28.8. The van der Waals surface area contributed by atoms with Crippen LogP contribution in [0.15, 0.2) is 18.2 Å². The molecule has 1 aromatic carbocycles. The number of carbonyl (C=O) groups excluding carboxylic acids is 2. The first-order valence-electron chi connectivity index (χ1n) is 10.6. The molecular weight excluding hydrogens is 390 g/mol. The lowest BCUT2D eigenvalue weighted by Crippen LogP contribution is -2.42. The predicted octanol–water partition coefficient (Wildman–Crippen LogP) is 3.15. The van der Waals surface area contributed by atoms with Crippen molar-refractivity contribution in [1.82, 2.24) is 4.90 Å². The van der Waals surface area contributed by atoms with Crippen LogP contribution in [0.5, 0.6) is 0 Å². The van der Waals surface area contributed by atoms with Crippen molar-refractivity contribution in [2.75, 3.05) is 31.6 Å². The Morgan fingerprint density at radius 3 is 2.59 bits per heavy atom. The minimum absolute atomic E-state index is 0. The standard InChI is InChI=1S/C22H31N3O3.ClH/c1-28-21(26)16-4-7-19(8-5-16)24-10-11-25(22(24)27)20-9-6-17-12-15(14-23)2-3-18(17)13-20;/h6,9,13,15-16,19H,2-5,7-8,10-12,14,23H2,1H3;1H. The fourth-order valence-corrected chi connectivity index (χ4v) is 5.11. The molecule has 1 saturated carbocycles. The molecule has 1 saturated heterocycles. The monoisotopic (exact) mass is 421 g/mol. The topological polar surface area (TPSA) is 75.9 Å². The summed E-state index contributed by atoms with van der Waals surface area (Å²) < 4.78 is 4.87. The highest BCUT2D eigenvalue weighted by atomic mass is 35.5. The van der Waals surface area contributed by atoms with Gasteiger partial charge in [0.1, 0.15) is 0 Å². The second-order valence-electron chi connectivity index (χ2n) is 8.45. The van der Waals surface area contributed by atoms with E-state index in [4.69, 9.17) is 10.5 Å². The first kappa shape index (κ1) is 21.9. The molecular formula is C22H32ClN3O3. The van der Waals surface area contributed by atoms with Crippen molar-refractivity contribution in [3.63, 3.8) is 0 Å². The van der Waals surface area contributed by atoms with Gasteiger partial charge in [-0.3, -0.25) is 9.69 Å². The number of urea groups is 1. The van der Waals surface area contributed by atoms with Gasteiger partial charge in [-0.2, -0.15) is 0 Å². The highest BCUT2D eigenvalue weighted by Crippen LogP contribution is 2.33. The van der Waals surface area contributed by atoms with Gasteiger partial charge in [-0.1, -0.05) is 6.07 Å². The first-order chi connectivity index (χ1) is 13.6. The van der Waals surface area contributed by atoms with Crippen LogP contribution < -0.4 is 10.6 Å². The average molecular weight is 422 g/mol. The van der Waals surface area contributed by atoms with E-state index >= 15 is 0 Å². The van der Waals surface area contributed by atoms with E-state index in [1.807, 2.05) is 9.80 Å². The molecule has 7 heteroatoms. The number of nitrogens with two attached hydrogens (primary N) is 1. The van der Waals surface area contributed by atoms with Crippen LogP contribution in [0.4, 0.5) is 10.5 Å². The summed E-state index contributed by atoms with van der Waals surface area (Å²) in [5.74, 6) is 0.467. The maximum Gasteiger partial charge on any atom is 0.324 e. The maximum absolute atomic E-state index is 13.1. The molecule has 2 amide bonds. The Bertz CT molecular complexity index is 749. The zero-order valence-corrected chi connectivity index (χ0v) is 18.0. The van der Waals surface area contributed by atoms with Crippen LogP contribution in [0.25, 0.3) is 0 Å². The molecule has 160 valence electrons. The summed E-state index contributed by atoms with van der Waals surface area (Å²) in [5.41, 5.74) is 9.61. The minimum atomic E-state index is -0.112. The van der Waals surface area contributed by atoms with E-state index in [0.717, 1.165) is 70.3 Å². The van der Waals surface area contributed by atoms with Crippen molar-refractivity contribution in [3.8, 4) is 0 Å². The van der Waals surface area contributed by atoms with Gasteiger partial charge >= 0.3 is 12.0 Å². The molecule has 1 aliphatic heterocycles. The van der Waals surface area contributed by atoms with Gasteiger partial charge in [-0.25, -0.2) is 4.79 Å². The van der Waals surface area contributed by atoms with E-state index in [9.17, 15) is 9.59 Å². The van der Waals surface area contributed by atoms with Crippen molar-refractivity contribution < 1.29 is 14.3 Å². The fraction of sp³-hybridized carbons (Fsp3) is 0.636. The molecule has 1 heterocycles. The van der Waals surface area contributed by atoms with Crippen molar-refractivity contribution in [3.05, 3.63) is 29.3 Å². The third-order valence-electron chi connectivity index (χ3n) is 6.88. The molecule has 4 rings (SSSR count). The Morgan fingerprint density at radius 2 is 1.90 bits per heavy atom. The molecule has 2 fully saturated rings. The van der Waals surface area contributed by atoms with Crippen molar-refractivity contribution in [2.24, 2.45) is 17.6 Å². The quantitative estimate of drug-likeness (QED) is 0.757. The molecule has 0 aromatic heterocycles. The third-order valence-corrected chi connectivity index (χ3v) is 6.88. The molecule has 2 aliphatic carbocycles. The zero-order chi connectivity index (χ0) is 19.7. The van der Waals surface area contributed by atoms with Crippen molar-refractivity contribution in [2.45, 2.75) is 51.0 Å². The number of hydrogen-bond donors (Lipinski definition) is 1. The summed E-state index contributed by atoms with van der Waals surface area (Å²) in [5, 5.41) is 0. The number of carbonyl (C=O) groups is 2. The SMILES string of the molecule is COC(=O)C1CCC(N2CCN(c3ccc4c(c3)CCC(CN)C4)C2=O)CC1.Cl. The highest BCUT2D eigenvalue weighted by molar-refractivity contribution is 5.94. The summed E-state index contributed by atoms with van der Waals surface area (Å²) in [7, 11) is 1.45. The number of aryl methyl sites for hydroxylation is 1. The summed E-state index contributed by atoms with van der Waals surface area (Å²) >= 11 is 0. The summed E-state index contributed by atoms with van der Waals surface area (Å²) in [6.07, 6.45) is 6.61. The molecule has 0 radical (unpaired) electrons. The first-order valence-corrected chi connectivity index (χ1v) is 10.6. The lowest BCUT2D eigenvalue weighted by Gasteiger charge is -2.33. The van der Waals surface area contributed by atoms with Gasteiger partial charge in [0, 0.05) is 24.8 Å². The Kier molecular flexibility index (Phi) is 7.06. The van der Waals surface area contributed by atoms with E-state index < -0.39 is 0 Å². The van der Waals surface area contributed by atoms with E-state index in [0.29, 0.717) is 5.92 Å². The Hall–Kier alpha value is -1.79. The van der Waals surface area contributed by atoms with Gasteiger partial charge in [-0.05, 0) is 80.7 Å². The smallest absolute Gasteiger partial charge is 0.324 e. The van der Waals surface area contributed by atoms with E-state index in [1.54, 1.807) is 0 Å². The van der Waals surface area contributed by atoms with Gasteiger partial charge in [-0.15, -0.1) is 12.4 Å². The summed E-state index contributed by atoms with van der Waals surface area (Å²) in [6.45, 7) is 2.25. The van der Waals surface area contributed by atoms with Crippen LogP contribution in [0, 0.1) is 11.8 Å². The van der Waals surface area contributed by atoms with Crippen LogP contribution >= 0.6 is 12.4 Å². The second kappa shape index (κ2) is 9.35. The lowest BCUT2D eigenvalue weighted by atomic mass is 9.84. The van der Waals surface area contributed by atoms with E-state index in [2.05, 4.69) is 18.2 Å².